The summed E-state index contributed by atoms with van der Waals surface area (Å²) in [7, 11) is 5.52. The molecule has 2 aliphatic rings. The molecule has 2 radical (unpaired) electrons. The molecular formula is C14H18BN3O2. The molecule has 0 atom stereocenters. The molecule has 6 heteroatoms. The molecule has 0 bridgehead atoms. The molecule has 1 aliphatic carbocycles. The lowest BCUT2D eigenvalue weighted by atomic mass is 9.97. The number of rotatable bonds is 4. The third kappa shape index (κ3) is 3.29. The highest BCUT2D eigenvalue weighted by atomic mass is 16.5. The lowest BCUT2D eigenvalue weighted by Crippen LogP contribution is -2.40. The molecule has 1 saturated carbocycles. The summed E-state index contributed by atoms with van der Waals surface area (Å²) >= 11 is 0. The Labute approximate surface area is 120 Å². The van der Waals surface area contributed by atoms with Crippen molar-refractivity contribution in [1.29, 1.82) is 0 Å². The van der Waals surface area contributed by atoms with E-state index in [0.29, 0.717) is 35.8 Å². The molecule has 1 aliphatic heterocycles. The molecule has 104 valence electrons. The van der Waals surface area contributed by atoms with Crippen LogP contribution in [-0.2, 0) is 4.79 Å². The summed E-state index contributed by atoms with van der Waals surface area (Å²) < 4.78 is 5.57. The number of amides is 1. The number of carbonyl (C=O) groups is 1. The maximum absolute atomic E-state index is 11.9. The zero-order valence-corrected chi connectivity index (χ0v) is 11.5. The van der Waals surface area contributed by atoms with Gasteiger partial charge in [0, 0.05) is 31.4 Å². The van der Waals surface area contributed by atoms with E-state index < -0.39 is 0 Å². The summed E-state index contributed by atoms with van der Waals surface area (Å²) in [4.78, 5) is 22.0. The van der Waals surface area contributed by atoms with E-state index in [-0.39, 0.29) is 0 Å². The van der Waals surface area contributed by atoms with Crippen LogP contribution in [0.1, 0.15) is 25.7 Å². The van der Waals surface area contributed by atoms with Gasteiger partial charge in [0.25, 0.3) is 0 Å². The molecule has 2 fully saturated rings. The van der Waals surface area contributed by atoms with Crippen LogP contribution in [0.15, 0.2) is 12.4 Å². The maximum atomic E-state index is 11.9. The largest absolute Gasteiger partial charge is 0.463 e. The Kier molecular flexibility index (Phi) is 3.89. The van der Waals surface area contributed by atoms with Crippen molar-refractivity contribution in [3.63, 3.8) is 0 Å². The van der Waals surface area contributed by atoms with Gasteiger partial charge in [-0.25, -0.2) is 9.97 Å². The zero-order valence-electron chi connectivity index (χ0n) is 11.5. The number of hydrogen-bond donors (Lipinski definition) is 0. The van der Waals surface area contributed by atoms with E-state index in [9.17, 15) is 4.79 Å². The van der Waals surface area contributed by atoms with Gasteiger partial charge in [-0.05, 0) is 31.6 Å². The Bertz CT molecular complexity index is 468. The van der Waals surface area contributed by atoms with Crippen LogP contribution in [0.25, 0.3) is 0 Å². The second kappa shape index (κ2) is 5.81. The zero-order chi connectivity index (χ0) is 13.9. The molecule has 3 rings (SSSR count). The SMILES string of the molecule is [B]c1cnc(OCC2CCN(C(=O)C3CC3)CC2)nc1. The fraction of sp³-hybridized carbons (Fsp3) is 0.643. The van der Waals surface area contributed by atoms with Crippen LogP contribution in [0, 0.1) is 11.8 Å². The van der Waals surface area contributed by atoms with Gasteiger partial charge in [0.15, 0.2) is 0 Å². The van der Waals surface area contributed by atoms with Crippen LogP contribution in [0.3, 0.4) is 0 Å². The minimum atomic E-state index is 0.325. The normalized spacial score (nSPS) is 19.9. The Morgan fingerprint density at radius 1 is 1.25 bits per heavy atom. The minimum Gasteiger partial charge on any atom is -0.463 e. The van der Waals surface area contributed by atoms with Gasteiger partial charge in [-0.2, -0.15) is 0 Å². The van der Waals surface area contributed by atoms with Gasteiger partial charge in [0.1, 0.15) is 7.85 Å². The highest BCUT2D eigenvalue weighted by molar-refractivity contribution is 6.31. The molecule has 5 nitrogen and oxygen atoms in total. The fourth-order valence-electron chi connectivity index (χ4n) is 2.50. The second-order valence-corrected chi connectivity index (χ2v) is 5.65. The molecule has 0 aromatic carbocycles. The van der Waals surface area contributed by atoms with Crippen molar-refractivity contribution in [2.24, 2.45) is 11.8 Å². The smallest absolute Gasteiger partial charge is 0.316 e. The topological polar surface area (TPSA) is 55.3 Å². The first-order valence-corrected chi connectivity index (χ1v) is 7.21. The number of carbonyl (C=O) groups excluding carboxylic acids is 1. The average molecular weight is 271 g/mol. The third-order valence-corrected chi connectivity index (χ3v) is 3.95. The highest BCUT2D eigenvalue weighted by Crippen LogP contribution is 2.32. The Balaban J connectivity index is 1.42. The van der Waals surface area contributed by atoms with E-state index in [4.69, 9.17) is 12.6 Å². The van der Waals surface area contributed by atoms with Gasteiger partial charge in [0.05, 0.1) is 6.61 Å². The van der Waals surface area contributed by atoms with Crippen molar-refractivity contribution < 1.29 is 9.53 Å². The van der Waals surface area contributed by atoms with Gasteiger partial charge >= 0.3 is 6.01 Å². The molecule has 0 unspecified atom stereocenters. The second-order valence-electron chi connectivity index (χ2n) is 5.65. The summed E-state index contributed by atoms with van der Waals surface area (Å²) in [6.07, 6.45) is 7.23. The van der Waals surface area contributed by atoms with E-state index in [1.807, 2.05) is 4.90 Å². The molecule has 1 aromatic rings. The van der Waals surface area contributed by atoms with Crippen LogP contribution >= 0.6 is 0 Å². The summed E-state index contributed by atoms with van der Waals surface area (Å²) in [5.74, 6) is 1.15. The monoisotopic (exact) mass is 271 g/mol. The summed E-state index contributed by atoms with van der Waals surface area (Å²) in [5.41, 5.74) is 0.532. The lowest BCUT2D eigenvalue weighted by molar-refractivity contribution is -0.134. The molecule has 1 aromatic heterocycles. The molecular weight excluding hydrogens is 253 g/mol. The summed E-state index contributed by atoms with van der Waals surface area (Å²) in [5, 5.41) is 0. The van der Waals surface area contributed by atoms with Crippen LogP contribution < -0.4 is 10.2 Å². The van der Waals surface area contributed by atoms with E-state index in [1.54, 1.807) is 12.4 Å². The van der Waals surface area contributed by atoms with Crippen molar-refractivity contribution in [1.82, 2.24) is 14.9 Å². The summed E-state index contributed by atoms with van der Waals surface area (Å²) in [6, 6.07) is 0.371. The number of likely N-dealkylation sites (tertiary alicyclic amines) is 1. The van der Waals surface area contributed by atoms with Crippen molar-refractivity contribution in [2.75, 3.05) is 19.7 Å². The van der Waals surface area contributed by atoms with Gasteiger partial charge < -0.3 is 9.64 Å². The standard InChI is InChI=1S/C14H18BN3O2/c15-12-7-16-14(17-8-12)20-9-10-3-5-18(6-4-10)13(19)11-1-2-11/h7-8,10-11H,1-6,9H2. The van der Waals surface area contributed by atoms with Crippen molar-refractivity contribution >= 4 is 19.2 Å². The van der Waals surface area contributed by atoms with Gasteiger partial charge in [-0.15, -0.1) is 0 Å². The fourth-order valence-corrected chi connectivity index (χ4v) is 2.50. The quantitative estimate of drug-likeness (QED) is 0.739. The first-order chi connectivity index (χ1) is 9.72. The van der Waals surface area contributed by atoms with Gasteiger partial charge in [-0.3, -0.25) is 4.79 Å². The Hall–Kier alpha value is -1.59. The number of ether oxygens (including phenoxy) is 1. The minimum absolute atomic E-state index is 0.325. The predicted molar refractivity (Wildman–Crippen MR) is 74.9 cm³/mol. The number of aromatic nitrogens is 2. The van der Waals surface area contributed by atoms with Crippen molar-refractivity contribution in [3.8, 4) is 6.01 Å². The molecule has 1 amide bonds. The first-order valence-electron chi connectivity index (χ1n) is 7.21. The highest BCUT2D eigenvalue weighted by Gasteiger charge is 2.34. The molecule has 1 saturated heterocycles. The third-order valence-electron chi connectivity index (χ3n) is 3.95. The van der Waals surface area contributed by atoms with Crippen molar-refractivity contribution in [3.05, 3.63) is 12.4 Å². The van der Waals surface area contributed by atoms with Crippen LogP contribution in [0.2, 0.25) is 0 Å². The predicted octanol–water partition coefficient (Wildman–Crippen LogP) is 0.298. The first kappa shape index (κ1) is 13.4. The molecule has 20 heavy (non-hydrogen) atoms. The lowest BCUT2D eigenvalue weighted by Gasteiger charge is -2.31. The number of nitrogens with zero attached hydrogens (tertiary/aromatic N) is 3. The summed E-state index contributed by atoms with van der Waals surface area (Å²) in [6.45, 7) is 2.31. The van der Waals surface area contributed by atoms with E-state index in [1.165, 1.54) is 0 Å². The Morgan fingerprint density at radius 3 is 2.50 bits per heavy atom. The average Bonchev–Trinajstić information content (AvgIpc) is 3.31. The van der Waals surface area contributed by atoms with Gasteiger partial charge in [-0.1, -0.05) is 5.46 Å². The number of hydrogen-bond acceptors (Lipinski definition) is 4. The van der Waals surface area contributed by atoms with Crippen LogP contribution in [-0.4, -0.2) is 48.3 Å². The van der Waals surface area contributed by atoms with E-state index >= 15 is 0 Å². The van der Waals surface area contributed by atoms with E-state index in [0.717, 1.165) is 38.8 Å². The molecule has 2 heterocycles. The number of piperidine rings is 1. The van der Waals surface area contributed by atoms with Crippen LogP contribution in [0.4, 0.5) is 0 Å². The Morgan fingerprint density at radius 2 is 1.90 bits per heavy atom. The van der Waals surface area contributed by atoms with Crippen LogP contribution in [0.5, 0.6) is 6.01 Å². The van der Waals surface area contributed by atoms with E-state index in [2.05, 4.69) is 9.97 Å². The maximum Gasteiger partial charge on any atom is 0.316 e. The van der Waals surface area contributed by atoms with Crippen molar-refractivity contribution in [2.45, 2.75) is 25.7 Å². The van der Waals surface area contributed by atoms with Gasteiger partial charge in [0.2, 0.25) is 5.91 Å². The molecule has 0 spiro atoms. The molecule has 0 N–H and O–H groups in total.